The molecule has 1 aromatic carbocycles. The van der Waals surface area contributed by atoms with Crippen LogP contribution in [0.5, 0.6) is 0 Å². The zero-order valence-corrected chi connectivity index (χ0v) is 16.5. The lowest BCUT2D eigenvalue weighted by atomic mass is 10.2. The Balaban J connectivity index is 1.81. The Morgan fingerprint density at radius 1 is 1.29 bits per heavy atom. The number of nitro groups is 1. The van der Waals surface area contributed by atoms with Crippen LogP contribution in [0.25, 0.3) is 0 Å². The summed E-state index contributed by atoms with van der Waals surface area (Å²) in [6.07, 6.45) is 1.22. The number of anilines is 1. The van der Waals surface area contributed by atoms with Crippen LogP contribution in [0.3, 0.4) is 0 Å². The number of rotatable bonds is 6. The highest BCUT2D eigenvalue weighted by molar-refractivity contribution is 6.35. The number of halogens is 2. The highest BCUT2D eigenvalue weighted by Gasteiger charge is 2.26. The fraction of sp³-hybridized carbons (Fsp3) is 0.235. The topological polar surface area (TPSA) is 108 Å². The summed E-state index contributed by atoms with van der Waals surface area (Å²) in [5.41, 5.74) is 0.964. The van der Waals surface area contributed by atoms with Crippen molar-refractivity contribution in [3.8, 4) is 0 Å². The first-order valence-corrected chi connectivity index (χ1v) is 9.05. The maximum atomic E-state index is 12.5. The minimum Gasteiger partial charge on any atom is -0.303 e. The average Bonchev–Trinajstić information content (AvgIpc) is 3.21. The molecular weight excluding hydrogens is 407 g/mol. The molecule has 1 amide bonds. The van der Waals surface area contributed by atoms with Gasteiger partial charge < -0.3 is 5.32 Å². The number of hydrogen-bond donors (Lipinski definition) is 1. The van der Waals surface area contributed by atoms with Gasteiger partial charge in [0.2, 0.25) is 5.69 Å². The van der Waals surface area contributed by atoms with Crippen molar-refractivity contribution in [2.24, 2.45) is 0 Å². The molecule has 0 fully saturated rings. The average molecular weight is 423 g/mol. The van der Waals surface area contributed by atoms with E-state index in [1.165, 1.54) is 10.9 Å². The number of aromatic nitrogens is 4. The van der Waals surface area contributed by atoms with Gasteiger partial charge in [-0.3, -0.25) is 24.3 Å². The van der Waals surface area contributed by atoms with Crippen molar-refractivity contribution in [3.05, 3.63) is 67.6 Å². The van der Waals surface area contributed by atoms with Crippen molar-refractivity contribution in [3.63, 3.8) is 0 Å². The first-order chi connectivity index (χ1) is 13.3. The molecule has 0 saturated heterocycles. The van der Waals surface area contributed by atoms with Crippen LogP contribution in [0.1, 0.15) is 28.7 Å². The molecule has 0 radical (unpaired) electrons. The molecule has 0 aliphatic rings. The molecule has 0 unspecified atom stereocenters. The Morgan fingerprint density at radius 3 is 2.68 bits per heavy atom. The molecule has 0 saturated carbocycles. The summed E-state index contributed by atoms with van der Waals surface area (Å²) < 4.78 is 2.99. The summed E-state index contributed by atoms with van der Waals surface area (Å²) in [4.78, 5) is 23.0. The summed E-state index contributed by atoms with van der Waals surface area (Å²) in [6, 6.07) is 6.83. The fourth-order valence-electron chi connectivity index (χ4n) is 2.59. The van der Waals surface area contributed by atoms with Gasteiger partial charge in [0.1, 0.15) is 6.20 Å². The molecule has 3 aromatic rings. The lowest BCUT2D eigenvalue weighted by Crippen LogP contribution is -2.15. The monoisotopic (exact) mass is 422 g/mol. The predicted octanol–water partition coefficient (Wildman–Crippen LogP) is 3.92. The molecule has 0 atom stereocenters. The molecule has 3 rings (SSSR count). The standard InChI is InChI=1S/C17H16Cl2N6O3/c1-3-23-9-14(25(27)28)16(22-23)17(26)20-15-6-10(2)24(21-15)8-11-4-5-12(18)7-13(11)19/h4-7,9H,3,8H2,1-2H3,(H,20,21,26). The van der Waals surface area contributed by atoms with E-state index in [0.717, 1.165) is 11.3 Å². The first-order valence-electron chi connectivity index (χ1n) is 8.30. The van der Waals surface area contributed by atoms with E-state index in [4.69, 9.17) is 23.2 Å². The van der Waals surface area contributed by atoms with Crippen molar-refractivity contribution in [2.45, 2.75) is 26.9 Å². The molecule has 2 aromatic heterocycles. The SMILES string of the molecule is CCn1cc([N+](=O)[O-])c(C(=O)Nc2cc(C)n(Cc3ccc(Cl)cc3Cl)n2)n1. The largest absolute Gasteiger partial charge is 0.320 e. The van der Waals surface area contributed by atoms with Gasteiger partial charge in [-0.15, -0.1) is 0 Å². The smallest absolute Gasteiger partial charge is 0.303 e. The second-order valence-electron chi connectivity index (χ2n) is 5.99. The van der Waals surface area contributed by atoms with Crippen LogP contribution in [0, 0.1) is 17.0 Å². The van der Waals surface area contributed by atoms with Crippen molar-refractivity contribution in [1.82, 2.24) is 19.6 Å². The number of nitrogens with one attached hydrogen (secondary N) is 1. The van der Waals surface area contributed by atoms with Crippen LogP contribution < -0.4 is 5.32 Å². The maximum absolute atomic E-state index is 12.5. The van der Waals surface area contributed by atoms with Crippen LogP contribution >= 0.6 is 23.2 Å². The zero-order valence-electron chi connectivity index (χ0n) is 15.0. The van der Waals surface area contributed by atoms with Crippen molar-refractivity contribution in [2.75, 3.05) is 5.32 Å². The van der Waals surface area contributed by atoms with Gasteiger partial charge in [-0.1, -0.05) is 29.3 Å². The molecule has 0 bridgehead atoms. The highest BCUT2D eigenvalue weighted by Crippen LogP contribution is 2.23. The van der Waals surface area contributed by atoms with Crippen LogP contribution in [0.4, 0.5) is 11.5 Å². The van der Waals surface area contributed by atoms with E-state index >= 15 is 0 Å². The van der Waals surface area contributed by atoms with E-state index in [1.807, 2.05) is 6.92 Å². The van der Waals surface area contributed by atoms with Crippen molar-refractivity contribution < 1.29 is 9.72 Å². The molecule has 2 heterocycles. The number of carbonyl (C=O) groups is 1. The van der Waals surface area contributed by atoms with Crippen molar-refractivity contribution in [1.29, 1.82) is 0 Å². The van der Waals surface area contributed by atoms with E-state index in [-0.39, 0.29) is 17.2 Å². The van der Waals surface area contributed by atoms with Crippen LogP contribution in [0.2, 0.25) is 10.0 Å². The summed E-state index contributed by atoms with van der Waals surface area (Å²) in [6.45, 7) is 4.37. The van der Waals surface area contributed by atoms with Gasteiger partial charge in [0.25, 0.3) is 5.91 Å². The van der Waals surface area contributed by atoms with Gasteiger partial charge >= 0.3 is 5.69 Å². The Bertz CT molecular complexity index is 1060. The van der Waals surface area contributed by atoms with E-state index in [1.54, 1.807) is 35.9 Å². The van der Waals surface area contributed by atoms with Crippen LogP contribution in [0.15, 0.2) is 30.5 Å². The number of amides is 1. The summed E-state index contributed by atoms with van der Waals surface area (Å²) in [5.74, 6) is -0.444. The molecule has 0 aliphatic carbocycles. The Labute approximate surface area is 170 Å². The number of nitrogens with zero attached hydrogens (tertiary/aromatic N) is 5. The maximum Gasteiger partial charge on any atom is 0.320 e. The number of hydrogen-bond acceptors (Lipinski definition) is 5. The van der Waals surface area contributed by atoms with E-state index < -0.39 is 10.8 Å². The molecular formula is C17H16Cl2N6O3. The first kappa shape index (κ1) is 19.8. The lowest BCUT2D eigenvalue weighted by molar-refractivity contribution is -0.385. The van der Waals surface area contributed by atoms with E-state index in [2.05, 4.69) is 15.5 Å². The van der Waals surface area contributed by atoms with Gasteiger partial charge in [0.15, 0.2) is 5.82 Å². The van der Waals surface area contributed by atoms with E-state index in [0.29, 0.717) is 23.1 Å². The van der Waals surface area contributed by atoms with Crippen molar-refractivity contribution >= 4 is 40.6 Å². The van der Waals surface area contributed by atoms with Crippen LogP contribution in [-0.4, -0.2) is 30.4 Å². The van der Waals surface area contributed by atoms with Gasteiger partial charge in [-0.05, 0) is 31.5 Å². The highest BCUT2D eigenvalue weighted by atomic mass is 35.5. The zero-order chi connectivity index (χ0) is 20.4. The minimum atomic E-state index is -0.701. The second-order valence-corrected chi connectivity index (χ2v) is 6.84. The normalized spacial score (nSPS) is 10.9. The van der Waals surface area contributed by atoms with Gasteiger partial charge in [0.05, 0.1) is 11.5 Å². The van der Waals surface area contributed by atoms with E-state index in [9.17, 15) is 14.9 Å². The minimum absolute atomic E-state index is 0.257. The Hall–Kier alpha value is -2.91. The summed E-state index contributed by atoms with van der Waals surface area (Å²) in [7, 11) is 0. The second kappa shape index (κ2) is 7.99. The molecule has 9 nitrogen and oxygen atoms in total. The molecule has 0 aliphatic heterocycles. The third kappa shape index (κ3) is 4.15. The lowest BCUT2D eigenvalue weighted by Gasteiger charge is -2.07. The third-order valence-corrected chi connectivity index (χ3v) is 4.62. The third-order valence-electron chi connectivity index (χ3n) is 4.04. The molecule has 11 heteroatoms. The van der Waals surface area contributed by atoms with Gasteiger partial charge in [0, 0.05) is 28.4 Å². The Kier molecular flexibility index (Phi) is 5.66. The van der Waals surface area contributed by atoms with Gasteiger partial charge in [-0.2, -0.15) is 10.2 Å². The quantitative estimate of drug-likeness (QED) is 0.478. The summed E-state index contributed by atoms with van der Waals surface area (Å²) >= 11 is 12.1. The molecule has 0 spiro atoms. The number of carbonyl (C=O) groups excluding carboxylic acids is 1. The fourth-order valence-corrected chi connectivity index (χ4v) is 3.05. The Morgan fingerprint density at radius 2 is 2.04 bits per heavy atom. The predicted molar refractivity (Wildman–Crippen MR) is 105 cm³/mol. The summed E-state index contributed by atoms with van der Waals surface area (Å²) in [5, 5.41) is 23.0. The van der Waals surface area contributed by atoms with Gasteiger partial charge in [-0.25, -0.2) is 0 Å². The molecule has 28 heavy (non-hydrogen) atoms. The number of benzene rings is 1. The molecule has 1 N–H and O–H groups in total. The van der Waals surface area contributed by atoms with Crippen LogP contribution in [-0.2, 0) is 13.1 Å². The molecule has 146 valence electrons. The number of aryl methyl sites for hydroxylation is 2.